The van der Waals surface area contributed by atoms with Crippen LogP contribution in [0.15, 0.2) is 4.99 Å². The number of ether oxygens (including phenoxy) is 2. The van der Waals surface area contributed by atoms with Crippen molar-refractivity contribution in [3.63, 3.8) is 0 Å². The Morgan fingerprint density at radius 3 is 2.81 bits per heavy atom. The van der Waals surface area contributed by atoms with Crippen LogP contribution in [0.3, 0.4) is 0 Å². The summed E-state index contributed by atoms with van der Waals surface area (Å²) in [5.74, 6) is 2.75. The minimum atomic E-state index is 0.530. The van der Waals surface area contributed by atoms with Gasteiger partial charge in [0.25, 0.3) is 0 Å². The molecule has 152 valence electrons. The first-order valence-corrected chi connectivity index (χ1v) is 9.88. The lowest BCUT2D eigenvalue weighted by Crippen LogP contribution is -2.47. The van der Waals surface area contributed by atoms with E-state index < -0.39 is 0 Å². The number of aromatic nitrogens is 3. The van der Waals surface area contributed by atoms with E-state index >= 15 is 0 Å². The second-order valence-corrected chi connectivity index (χ2v) is 7.17. The van der Waals surface area contributed by atoms with Crippen LogP contribution in [0.5, 0.6) is 0 Å². The first-order valence-electron chi connectivity index (χ1n) is 9.88. The highest BCUT2D eigenvalue weighted by Gasteiger charge is 2.30. The molecule has 1 atom stereocenters. The third-order valence-electron chi connectivity index (χ3n) is 5.39. The lowest BCUT2D eigenvalue weighted by Gasteiger charge is -2.32. The Hall–Kier alpha value is -1.71. The Morgan fingerprint density at radius 1 is 1.30 bits per heavy atom. The molecule has 3 heterocycles. The Morgan fingerprint density at radius 2 is 2.11 bits per heavy atom. The van der Waals surface area contributed by atoms with E-state index in [1.54, 1.807) is 7.11 Å². The first kappa shape index (κ1) is 20.0. The van der Waals surface area contributed by atoms with Crippen molar-refractivity contribution >= 4 is 5.96 Å². The Labute approximate surface area is 161 Å². The van der Waals surface area contributed by atoms with Crippen LogP contribution in [-0.2, 0) is 23.1 Å². The van der Waals surface area contributed by atoms with Crippen LogP contribution in [0.1, 0.15) is 24.5 Å². The largest absolute Gasteiger partial charge is 0.385 e. The lowest BCUT2D eigenvalue weighted by atomic mass is 10.2. The molecule has 0 aliphatic carbocycles. The van der Waals surface area contributed by atoms with Gasteiger partial charge in [-0.3, -0.25) is 4.90 Å². The van der Waals surface area contributed by atoms with E-state index in [4.69, 9.17) is 14.5 Å². The van der Waals surface area contributed by atoms with Gasteiger partial charge in [-0.05, 0) is 19.8 Å². The number of rotatable bonds is 7. The van der Waals surface area contributed by atoms with E-state index in [2.05, 4.69) is 25.3 Å². The van der Waals surface area contributed by atoms with Crippen molar-refractivity contribution in [3.05, 3.63) is 11.6 Å². The molecule has 3 rings (SSSR count). The molecule has 0 amide bonds. The van der Waals surface area contributed by atoms with E-state index in [1.165, 1.54) is 6.42 Å². The molecule has 9 nitrogen and oxygen atoms in total. The topological polar surface area (TPSA) is 80.0 Å². The Bertz CT molecular complexity index is 613. The molecule has 1 aromatic rings. The van der Waals surface area contributed by atoms with Crippen LogP contribution >= 0.6 is 0 Å². The van der Waals surface area contributed by atoms with Gasteiger partial charge in [0, 0.05) is 59.5 Å². The van der Waals surface area contributed by atoms with Gasteiger partial charge in [0.2, 0.25) is 0 Å². The molecular weight excluding hydrogens is 346 g/mol. The van der Waals surface area contributed by atoms with Gasteiger partial charge < -0.3 is 24.3 Å². The van der Waals surface area contributed by atoms with E-state index in [0.29, 0.717) is 12.6 Å². The first-order chi connectivity index (χ1) is 13.2. The van der Waals surface area contributed by atoms with Crippen molar-refractivity contribution < 1.29 is 9.47 Å². The van der Waals surface area contributed by atoms with Gasteiger partial charge in [-0.1, -0.05) is 0 Å². The third kappa shape index (κ3) is 5.40. The van der Waals surface area contributed by atoms with Crippen molar-refractivity contribution in [1.82, 2.24) is 29.9 Å². The molecule has 1 N–H and O–H groups in total. The lowest BCUT2D eigenvalue weighted by molar-refractivity contribution is 0.0195. The molecule has 27 heavy (non-hydrogen) atoms. The maximum Gasteiger partial charge on any atom is 0.194 e. The quantitative estimate of drug-likeness (QED) is 0.406. The maximum absolute atomic E-state index is 5.49. The summed E-state index contributed by atoms with van der Waals surface area (Å²) in [6.07, 6.45) is 2.13. The highest BCUT2D eigenvalue weighted by Crippen LogP contribution is 2.17. The number of aliphatic imine (C=N–C) groups is 1. The van der Waals surface area contributed by atoms with E-state index in [0.717, 1.165) is 76.6 Å². The Balaban J connectivity index is 1.62. The average molecular weight is 380 g/mol. The fraction of sp³-hybridized carbons (Fsp3) is 0.833. The molecular formula is C18H33N7O2. The minimum Gasteiger partial charge on any atom is -0.385 e. The zero-order valence-electron chi connectivity index (χ0n) is 16.9. The number of methoxy groups -OCH3 is 1. The zero-order valence-corrected chi connectivity index (χ0v) is 16.9. The van der Waals surface area contributed by atoms with Gasteiger partial charge in [-0.25, -0.2) is 4.99 Å². The number of guanidine groups is 1. The highest BCUT2D eigenvalue weighted by atomic mass is 16.5. The van der Waals surface area contributed by atoms with Crippen molar-refractivity contribution in [2.45, 2.75) is 32.4 Å². The van der Waals surface area contributed by atoms with Crippen LogP contribution in [0.25, 0.3) is 0 Å². The fourth-order valence-corrected chi connectivity index (χ4v) is 3.59. The molecule has 9 heteroatoms. The number of morpholine rings is 1. The normalized spacial score (nSPS) is 21.8. The van der Waals surface area contributed by atoms with Crippen molar-refractivity contribution in [3.8, 4) is 0 Å². The van der Waals surface area contributed by atoms with Crippen LogP contribution in [-0.4, -0.2) is 96.2 Å². The number of nitrogens with zero attached hydrogens (tertiary/aromatic N) is 6. The van der Waals surface area contributed by atoms with Crippen molar-refractivity contribution in [1.29, 1.82) is 0 Å². The third-order valence-corrected chi connectivity index (χ3v) is 5.39. The summed E-state index contributed by atoms with van der Waals surface area (Å²) in [5.41, 5.74) is 0. The summed E-state index contributed by atoms with van der Waals surface area (Å²) in [6.45, 7) is 9.87. The number of likely N-dealkylation sites (tertiary alicyclic amines) is 1. The molecule has 0 saturated carbocycles. The van der Waals surface area contributed by atoms with Crippen LogP contribution < -0.4 is 5.32 Å². The standard InChI is InChI=1S/C18H33N7O2/c1-15-21-22-17(23(15)2)13-20-18(19-6-4-10-26-3)25-7-5-16(14-25)24-8-11-27-12-9-24/h16H,4-14H2,1-3H3,(H,19,20). The smallest absolute Gasteiger partial charge is 0.194 e. The monoisotopic (exact) mass is 379 g/mol. The molecule has 0 radical (unpaired) electrons. The van der Waals surface area contributed by atoms with E-state index in [1.807, 2.05) is 18.5 Å². The fourth-order valence-electron chi connectivity index (χ4n) is 3.59. The summed E-state index contributed by atoms with van der Waals surface area (Å²) >= 11 is 0. The number of hydrogen-bond acceptors (Lipinski definition) is 6. The van der Waals surface area contributed by atoms with Gasteiger partial charge in [0.1, 0.15) is 12.4 Å². The molecule has 2 saturated heterocycles. The van der Waals surface area contributed by atoms with Crippen molar-refractivity contribution in [2.75, 3.05) is 59.7 Å². The molecule has 1 unspecified atom stereocenters. The number of hydrogen-bond donors (Lipinski definition) is 1. The van der Waals surface area contributed by atoms with Crippen LogP contribution in [0.2, 0.25) is 0 Å². The van der Waals surface area contributed by atoms with Gasteiger partial charge in [-0.2, -0.15) is 0 Å². The van der Waals surface area contributed by atoms with Gasteiger partial charge in [-0.15, -0.1) is 10.2 Å². The highest BCUT2D eigenvalue weighted by molar-refractivity contribution is 5.80. The van der Waals surface area contributed by atoms with Crippen molar-refractivity contribution in [2.24, 2.45) is 12.0 Å². The minimum absolute atomic E-state index is 0.530. The Kier molecular flexibility index (Phi) is 7.42. The zero-order chi connectivity index (χ0) is 19.1. The predicted molar refractivity (Wildman–Crippen MR) is 104 cm³/mol. The summed E-state index contributed by atoms with van der Waals surface area (Å²) in [7, 11) is 3.72. The van der Waals surface area contributed by atoms with Gasteiger partial charge in [0.15, 0.2) is 11.8 Å². The average Bonchev–Trinajstić information content (AvgIpc) is 3.30. The molecule has 2 aliphatic heterocycles. The molecule has 1 aromatic heterocycles. The molecule has 0 bridgehead atoms. The number of nitrogens with one attached hydrogen (secondary N) is 1. The summed E-state index contributed by atoms with van der Waals surface area (Å²) < 4.78 is 12.6. The molecule has 2 aliphatic rings. The van der Waals surface area contributed by atoms with Crippen LogP contribution in [0.4, 0.5) is 0 Å². The van der Waals surface area contributed by atoms with Gasteiger partial charge >= 0.3 is 0 Å². The van der Waals surface area contributed by atoms with Gasteiger partial charge in [0.05, 0.1) is 13.2 Å². The predicted octanol–water partition coefficient (Wildman–Crippen LogP) is 0.0121. The summed E-state index contributed by atoms with van der Waals surface area (Å²) in [5, 5.41) is 11.9. The summed E-state index contributed by atoms with van der Waals surface area (Å²) in [4.78, 5) is 9.78. The summed E-state index contributed by atoms with van der Waals surface area (Å²) in [6, 6.07) is 0.581. The van der Waals surface area contributed by atoms with E-state index in [9.17, 15) is 0 Å². The van der Waals surface area contributed by atoms with E-state index in [-0.39, 0.29) is 0 Å². The molecule has 0 spiro atoms. The molecule has 2 fully saturated rings. The molecule has 0 aromatic carbocycles. The van der Waals surface area contributed by atoms with Crippen LogP contribution in [0, 0.1) is 6.92 Å². The maximum atomic E-state index is 5.49. The second-order valence-electron chi connectivity index (χ2n) is 7.17. The SMILES string of the molecule is COCCCNC(=NCc1nnc(C)n1C)N1CCC(N2CCOCC2)C1. The number of aryl methyl sites for hydroxylation is 1. The second kappa shape index (κ2) is 10.0.